The number of amides is 2. The number of sulfonamides is 1. The van der Waals surface area contributed by atoms with E-state index in [0.29, 0.717) is 0 Å². The molecule has 0 saturated carbocycles. The molecule has 198 valence electrons. The lowest BCUT2D eigenvalue weighted by Crippen LogP contribution is -2.26. The summed E-state index contributed by atoms with van der Waals surface area (Å²) in [7, 11) is -8.91. The fourth-order valence-corrected chi connectivity index (χ4v) is 6.32. The number of para-hydroxylation sites is 1. The van der Waals surface area contributed by atoms with E-state index >= 15 is 0 Å². The number of sulfone groups is 1. The van der Waals surface area contributed by atoms with Crippen molar-refractivity contribution in [1.82, 2.24) is 0 Å². The number of primary sulfonamides is 1. The monoisotopic (exact) mass is 551 g/mol. The Morgan fingerprint density at radius 2 is 1.59 bits per heavy atom. The molecule has 2 amide bonds. The van der Waals surface area contributed by atoms with Gasteiger partial charge in [0.05, 0.1) is 40.7 Å². The maximum Gasteiger partial charge on any atom is 0.240 e. The molecule has 2 aromatic rings. The standard InChI is InChI=1S/C20H25N9O6S2/c21-6-7-36(32,33)14-5-4-11(17(19(14)37(24,34)35)20-25-10-26-29-20)12-2-1-3-13(27-15(30)8-22)18(12)28-16(31)9-23/h1-5H,6-10,21-23H2,(H,27,30)(H,28,31)(H2,24,34,35). The molecular formula is C20H25N9O6S2. The third kappa shape index (κ3) is 6.04. The fraction of sp³-hybridized carbons (Fsp3) is 0.250. The van der Waals surface area contributed by atoms with Crippen LogP contribution < -0.4 is 33.0 Å². The minimum atomic E-state index is -4.70. The van der Waals surface area contributed by atoms with Crippen molar-refractivity contribution in [2.45, 2.75) is 9.79 Å². The fourth-order valence-electron chi connectivity index (χ4n) is 3.57. The van der Waals surface area contributed by atoms with Gasteiger partial charge in [-0.3, -0.25) is 9.59 Å². The molecule has 1 heterocycles. The minimum absolute atomic E-state index is 0.0365. The lowest BCUT2D eigenvalue weighted by atomic mass is 9.96. The summed E-state index contributed by atoms with van der Waals surface area (Å²) >= 11 is 0. The lowest BCUT2D eigenvalue weighted by Gasteiger charge is -2.20. The first kappa shape index (κ1) is 28.0. The molecule has 0 spiro atoms. The molecule has 1 aliphatic rings. The highest BCUT2D eigenvalue weighted by molar-refractivity contribution is 7.93. The molecule has 0 fully saturated rings. The van der Waals surface area contributed by atoms with Crippen LogP contribution in [0.4, 0.5) is 11.4 Å². The Hall–Kier alpha value is -3.61. The second kappa shape index (κ2) is 11.2. The number of aliphatic imine (C=N–C) groups is 1. The van der Waals surface area contributed by atoms with Gasteiger partial charge in [-0.1, -0.05) is 18.2 Å². The Labute approximate surface area is 212 Å². The molecule has 1 aliphatic heterocycles. The summed E-state index contributed by atoms with van der Waals surface area (Å²) in [4.78, 5) is 27.0. The van der Waals surface area contributed by atoms with Crippen LogP contribution >= 0.6 is 0 Å². The van der Waals surface area contributed by atoms with Crippen molar-refractivity contribution in [3.8, 4) is 11.1 Å². The number of nitrogens with zero attached hydrogens (tertiary/aromatic N) is 3. The summed E-state index contributed by atoms with van der Waals surface area (Å²) in [5.41, 5.74) is 16.4. The Balaban J connectivity index is 2.47. The Kier molecular flexibility index (Phi) is 8.46. The first-order valence-corrected chi connectivity index (χ1v) is 13.8. The molecular weight excluding hydrogens is 526 g/mol. The van der Waals surface area contributed by atoms with E-state index in [2.05, 4.69) is 25.9 Å². The quantitative estimate of drug-likeness (QED) is 0.204. The van der Waals surface area contributed by atoms with Crippen molar-refractivity contribution in [2.75, 3.05) is 42.7 Å². The maximum absolute atomic E-state index is 13.0. The highest BCUT2D eigenvalue weighted by Gasteiger charge is 2.33. The van der Waals surface area contributed by atoms with E-state index in [0.717, 1.165) is 6.07 Å². The van der Waals surface area contributed by atoms with Gasteiger partial charge in [-0.15, -0.1) is 5.11 Å². The number of amidine groups is 1. The van der Waals surface area contributed by atoms with Crippen LogP contribution in [0.3, 0.4) is 0 Å². The van der Waals surface area contributed by atoms with Crippen molar-refractivity contribution >= 4 is 48.9 Å². The third-order valence-corrected chi connectivity index (χ3v) is 7.97. The van der Waals surface area contributed by atoms with Gasteiger partial charge < -0.3 is 27.8 Å². The molecule has 10 N–H and O–H groups in total. The number of carbonyl (C=O) groups is 2. The highest BCUT2D eigenvalue weighted by atomic mass is 32.2. The summed E-state index contributed by atoms with van der Waals surface area (Å²) in [5, 5.41) is 18.2. The largest absolute Gasteiger partial charge is 0.329 e. The second-order valence-corrected chi connectivity index (χ2v) is 11.1. The minimum Gasteiger partial charge on any atom is -0.329 e. The van der Waals surface area contributed by atoms with Gasteiger partial charge in [0.25, 0.3) is 0 Å². The SMILES string of the molecule is NCCS(=O)(=O)c1ccc(-c2cccc(NC(=O)CN)c2NC(=O)CN)c(C2=NCN=N2)c1S(N)(=O)=O. The number of azo groups is 1. The summed E-state index contributed by atoms with van der Waals surface area (Å²) in [6.45, 7) is -1.18. The predicted octanol–water partition coefficient (Wildman–Crippen LogP) is -1.30. The van der Waals surface area contributed by atoms with Crippen LogP contribution in [-0.4, -0.2) is 66.5 Å². The molecule has 0 unspecified atom stereocenters. The Morgan fingerprint density at radius 1 is 0.919 bits per heavy atom. The van der Waals surface area contributed by atoms with Crippen molar-refractivity contribution in [1.29, 1.82) is 0 Å². The highest BCUT2D eigenvalue weighted by Crippen LogP contribution is 2.40. The average Bonchev–Trinajstić information content (AvgIpc) is 3.38. The van der Waals surface area contributed by atoms with Crippen LogP contribution in [0, 0.1) is 0 Å². The number of nitrogens with one attached hydrogen (secondary N) is 2. The zero-order valence-electron chi connectivity index (χ0n) is 19.3. The molecule has 3 rings (SSSR count). The first-order valence-electron chi connectivity index (χ1n) is 10.6. The van der Waals surface area contributed by atoms with E-state index < -0.39 is 53.8 Å². The normalized spacial score (nSPS) is 13.4. The van der Waals surface area contributed by atoms with Crippen LogP contribution in [0.15, 0.2) is 55.3 Å². The van der Waals surface area contributed by atoms with Gasteiger partial charge in [0.15, 0.2) is 22.3 Å². The zero-order chi connectivity index (χ0) is 27.4. The molecule has 0 atom stereocenters. The van der Waals surface area contributed by atoms with E-state index in [1.54, 1.807) is 0 Å². The molecule has 0 saturated heterocycles. The van der Waals surface area contributed by atoms with Gasteiger partial charge in [-0.05, 0) is 17.7 Å². The first-order chi connectivity index (χ1) is 17.4. The van der Waals surface area contributed by atoms with Gasteiger partial charge in [0.1, 0.15) is 4.90 Å². The predicted molar refractivity (Wildman–Crippen MR) is 136 cm³/mol. The topological polar surface area (TPSA) is 268 Å². The number of anilines is 2. The molecule has 0 bridgehead atoms. The van der Waals surface area contributed by atoms with E-state index in [4.69, 9.17) is 22.3 Å². The van der Waals surface area contributed by atoms with E-state index in [9.17, 15) is 26.4 Å². The smallest absolute Gasteiger partial charge is 0.240 e. The molecule has 17 heteroatoms. The van der Waals surface area contributed by atoms with Crippen LogP contribution in [0.25, 0.3) is 11.1 Å². The van der Waals surface area contributed by atoms with E-state index in [-0.39, 0.29) is 53.7 Å². The van der Waals surface area contributed by atoms with Crippen molar-refractivity contribution in [3.63, 3.8) is 0 Å². The number of rotatable bonds is 10. The molecule has 37 heavy (non-hydrogen) atoms. The molecule has 0 radical (unpaired) electrons. The zero-order valence-corrected chi connectivity index (χ0v) is 21.0. The molecule has 0 aliphatic carbocycles. The van der Waals surface area contributed by atoms with Gasteiger partial charge in [0.2, 0.25) is 21.8 Å². The summed E-state index contributed by atoms with van der Waals surface area (Å²) in [6.07, 6.45) is 0. The van der Waals surface area contributed by atoms with Crippen LogP contribution in [0.2, 0.25) is 0 Å². The lowest BCUT2D eigenvalue weighted by molar-refractivity contribution is -0.115. The third-order valence-electron chi connectivity index (χ3n) is 5.06. The Bertz CT molecular complexity index is 1520. The molecule has 0 aromatic heterocycles. The maximum atomic E-state index is 13.0. The van der Waals surface area contributed by atoms with Crippen molar-refractivity contribution in [2.24, 2.45) is 37.6 Å². The van der Waals surface area contributed by atoms with Crippen molar-refractivity contribution in [3.05, 3.63) is 35.9 Å². The van der Waals surface area contributed by atoms with E-state index in [1.807, 2.05) is 0 Å². The number of hydrogen-bond acceptors (Lipinski definition) is 12. The second-order valence-electron chi connectivity index (χ2n) is 7.57. The summed E-state index contributed by atoms with van der Waals surface area (Å²) in [6, 6.07) is 6.85. The Morgan fingerprint density at radius 3 is 2.16 bits per heavy atom. The number of carbonyl (C=O) groups excluding carboxylic acids is 2. The van der Waals surface area contributed by atoms with Gasteiger partial charge in [0, 0.05) is 12.1 Å². The average molecular weight is 552 g/mol. The molecule has 2 aromatic carbocycles. The number of benzene rings is 2. The van der Waals surface area contributed by atoms with Crippen LogP contribution in [-0.2, 0) is 29.4 Å². The van der Waals surface area contributed by atoms with Crippen LogP contribution in [0.1, 0.15) is 5.56 Å². The number of hydrogen-bond donors (Lipinski definition) is 6. The van der Waals surface area contributed by atoms with Crippen LogP contribution in [0.5, 0.6) is 0 Å². The summed E-state index contributed by atoms with van der Waals surface area (Å²) < 4.78 is 51.5. The van der Waals surface area contributed by atoms with Gasteiger partial charge >= 0.3 is 0 Å². The van der Waals surface area contributed by atoms with E-state index in [1.165, 1.54) is 24.3 Å². The van der Waals surface area contributed by atoms with Crippen molar-refractivity contribution < 1.29 is 26.4 Å². The number of nitrogens with two attached hydrogens (primary N) is 4. The molecule has 15 nitrogen and oxygen atoms in total. The van der Waals surface area contributed by atoms with Gasteiger partial charge in [-0.2, -0.15) is 5.11 Å². The van der Waals surface area contributed by atoms with Gasteiger partial charge in [-0.25, -0.2) is 27.0 Å². The summed E-state index contributed by atoms with van der Waals surface area (Å²) in [5.74, 6) is -1.97.